The molecule has 0 N–H and O–H groups in total. The summed E-state index contributed by atoms with van der Waals surface area (Å²) < 4.78 is 43.2. The summed E-state index contributed by atoms with van der Waals surface area (Å²) in [4.78, 5) is 0. The number of hydrogen-bond acceptors (Lipinski definition) is 6. The third-order valence-electron chi connectivity index (χ3n) is 1.59. The predicted molar refractivity (Wildman–Crippen MR) is 54.5 cm³/mol. The minimum Gasteiger partial charge on any atom is -0.772 e. The molecule has 0 amide bonds. The molecule has 0 rings (SSSR count). The summed E-state index contributed by atoms with van der Waals surface area (Å²) in [5, 5.41) is 20.9. The predicted octanol–water partition coefficient (Wildman–Crippen LogP) is -1.10. The molecule has 15 heavy (non-hydrogen) atoms. The van der Waals surface area contributed by atoms with Gasteiger partial charge in [-0.25, -0.2) is 16.8 Å². The number of hydrogen-bond donors (Lipinski definition) is 0. The lowest BCUT2D eigenvalue weighted by Crippen LogP contribution is -2.28. The van der Waals surface area contributed by atoms with E-state index in [4.69, 9.17) is 0 Å². The van der Waals surface area contributed by atoms with E-state index in [-0.39, 0.29) is 15.4 Å². The lowest BCUT2D eigenvalue weighted by Gasteiger charge is -2.23. The first-order valence-electron chi connectivity index (χ1n) is 3.87. The maximum atomic E-state index is 10.9. The van der Waals surface area contributed by atoms with Gasteiger partial charge in [0.2, 0.25) is 20.0 Å². The Labute approximate surface area is 88.7 Å². The molecule has 0 saturated carbocycles. The van der Waals surface area contributed by atoms with Gasteiger partial charge in [-0.1, -0.05) is 0 Å². The molecule has 0 heterocycles. The Balaban J connectivity index is 4.25. The average Bonchev–Trinajstić information content (AvgIpc) is 2.02. The van der Waals surface area contributed by atoms with E-state index in [1.807, 2.05) is 0 Å². The molecule has 0 bridgehead atoms. The second-order valence-electron chi connectivity index (χ2n) is 2.80. The quantitative estimate of drug-likeness (QED) is 0.558. The lowest BCUT2D eigenvalue weighted by atomic mass is 10.6. The van der Waals surface area contributed by atoms with Crippen molar-refractivity contribution in [1.82, 2.24) is 8.94 Å². The fourth-order valence-corrected chi connectivity index (χ4v) is 2.40. The number of hydroxylamine groups is 2. The first kappa shape index (κ1) is 14.7. The Hall–Kier alpha value is -0.260. The van der Waals surface area contributed by atoms with Crippen LogP contribution in [0.15, 0.2) is 0 Å². The van der Waals surface area contributed by atoms with Gasteiger partial charge >= 0.3 is 0 Å². The smallest absolute Gasteiger partial charge is 0.202 e. The van der Waals surface area contributed by atoms with Crippen molar-refractivity contribution in [1.29, 1.82) is 0 Å². The zero-order chi connectivity index (χ0) is 12.3. The molecule has 0 fully saturated rings. The zero-order valence-corrected chi connectivity index (χ0v) is 9.91. The summed E-state index contributed by atoms with van der Waals surface area (Å²) in [5.74, 6) is -1.19. The van der Waals surface area contributed by atoms with Crippen LogP contribution in [0.1, 0.15) is 6.42 Å². The van der Waals surface area contributed by atoms with Crippen LogP contribution in [0.4, 0.5) is 0 Å². The van der Waals surface area contributed by atoms with Crippen LogP contribution in [-0.4, -0.2) is 51.4 Å². The van der Waals surface area contributed by atoms with Crippen LogP contribution >= 0.6 is 0 Å². The Kier molecular flexibility index (Phi) is 5.09. The highest BCUT2D eigenvalue weighted by Crippen LogP contribution is 2.03. The largest absolute Gasteiger partial charge is 0.772 e. The van der Waals surface area contributed by atoms with Gasteiger partial charge in [-0.2, -0.15) is 0 Å². The Morgan fingerprint density at radius 2 is 1.13 bits per heavy atom. The molecular formula is C5H12N2O6S2-2. The van der Waals surface area contributed by atoms with E-state index in [9.17, 15) is 27.3 Å². The fraction of sp³-hybridized carbons (Fsp3) is 1.00. The minimum atomic E-state index is -3.95. The molecule has 0 aliphatic carbocycles. The van der Waals surface area contributed by atoms with Gasteiger partial charge < -0.3 is 10.4 Å². The maximum Gasteiger partial charge on any atom is 0.202 e. The summed E-state index contributed by atoms with van der Waals surface area (Å²) >= 11 is 0. The Morgan fingerprint density at radius 1 is 0.867 bits per heavy atom. The summed E-state index contributed by atoms with van der Waals surface area (Å²) in [6, 6.07) is 0. The summed E-state index contributed by atoms with van der Waals surface area (Å²) in [6.45, 7) is 0. The molecule has 10 heteroatoms. The summed E-state index contributed by atoms with van der Waals surface area (Å²) in [6.07, 6.45) is -0.288. The van der Waals surface area contributed by atoms with Crippen LogP contribution in [0.3, 0.4) is 0 Å². The standard InChI is InChI=1S/C5H12N2O6S2/c1-6(8)14(10,11)4-3-5-15(12,13)7(2)9/h3-5H2,1-2H3/q-2. The van der Waals surface area contributed by atoms with Crippen molar-refractivity contribution >= 4 is 20.0 Å². The topological polar surface area (TPSA) is 121 Å². The zero-order valence-electron chi connectivity index (χ0n) is 8.28. The van der Waals surface area contributed by atoms with E-state index in [1.165, 1.54) is 0 Å². The van der Waals surface area contributed by atoms with E-state index in [2.05, 4.69) is 0 Å². The van der Waals surface area contributed by atoms with Crippen LogP contribution < -0.4 is 0 Å². The lowest BCUT2D eigenvalue weighted by molar-refractivity contribution is 0.532. The van der Waals surface area contributed by atoms with Gasteiger partial charge in [0.25, 0.3) is 0 Å². The highest BCUT2D eigenvalue weighted by molar-refractivity contribution is 7.90. The van der Waals surface area contributed by atoms with Crippen LogP contribution in [-0.2, 0) is 20.0 Å². The third-order valence-corrected chi connectivity index (χ3v) is 4.76. The second-order valence-corrected chi connectivity index (χ2v) is 6.98. The summed E-state index contributed by atoms with van der Waals surface area (Å²) in [5.41, 5.74) is 0. The van der Waals surface area contributed by atoms with Crippen molar-refractivity contribution < 1.29 is 16.8 Å². The molecule has 0 spiro atoms. The number of nitrogens with zero attached hydrogens (tertiary/aromatic N) is 2. The first-order chi connectivity index (χ1) is 6.59. The first-order valence-corrected chi connectivity index (χ1v) is 7.09. The SMILES string of the molecule is CN([O-])S(=O)(=O)CCCS(=O)(=O)N(C)[O-]. The van der Waals surface area contributed by atoms with Crippen molar-refractivity contribution in [3.63, 3.8) is 0 Å². The van der Waals surface area contributed by atoms with Crippen molar-refractivity contribution in [2.75, 3.05) is 25.6 Å². The van der Waals surface area contributed by atoms with Crippen molar-refractivity contribution in [3.8, 4) is 0 Å². The monoisotopic (exact) mass is 260 g/mol. The molecule has 8 nitrogen and oxygen atoms in total. The van der Waals surface area contributed by atoms with Gasteiger partial charge in [-0.3, -0.25) is 8.94 Å². The van der Waals surface area contributed by atoms with Crippen molar-refractivity contribution in [2.45, 2.75) is 6.42 Å². The van der Waals surface area contributed by atoms with Gasteiger partial charge in [-0.15, -0.1) is 0 Å². The van der Waals surface area contributed by atoms with Crippen LogP contribution in [0.5, 0.6) is 0 Å². The van der Waals surface area contributed by atoms with Gasteiger partial charge in [0, 0.05) is 0 Å². The Morgan fingerprint density at radius 3 is 1.33 bits per heavy atom. The molecule has 0 atom stereocenters. The molecule has 0 saturated heterocycles. The van der Waals surface area contributed by atoms with E-state index >= 15 is 0 Å². The average molecular weight is 260 g/mol. The van der Waals surface area contributed by atoms with Crippen molar-refractivity contribution in [3.05, 3.63) is 10.4 Å². The van der Waals surface area contributed by atoms with Gasteiger partial charge in [0.1, 0.15) is 0 Å². The van der Waals surface area contributed by atoms with E-state index < -0.39 is 31.6 Å². The molecule has 0 aliphatic heterocycles. The highest BCUT2D eigenvalue weighted by Gasteiger charge is 2.14. The molecule has 0 radical (unpaired) electrons. The van der Waals surface area contributed by atoms with E-state index in [1.54, 1.807) is 0 Å². The molecule has 0 aromatic rings. The Bertz CT molecular complexity index is 346. The van der Waals surface area contributed by atoms with Crippen molar-refractivity contribution in [2.24, 2.45) is 0 Å². The molecule has 0 aromatic heterocycles. The van der Waals surface area contributed by atoms with E-state index in [0.717, 1.165) is 14.1 Å². The highest BCUT2D eigenvalue weighted by atomic mass is 32.2. The van der Waals surface area contributed by atoms with Gasteiger partial charge in [0.15, 0.2) is 0 Å². The van der Waals surface area contributed by atoms with Gasteiger partial charge in [0.05, 0.1) is 11.5 Å². The maximum absolute atomic E-state index is 10.9. The molecule has 0 aliphatic rings. The van der Waals surface area contributed by atoms with E-state index in [0.29, 0.717) is 0 Å². The summed E-state index contributed by atoms with van der Waals surface area (Å²) in [7, 11) is -6.29. The molecule has 0 aromatic carbocycles. The van der Waals surface area contributed by atoms with Gasteiger partial charge in [-0.05, 0) is 20.5 Å². The third kappa shape index (κ3) is 4.86. The molecule has 92 valence electrons. The molecular weight excluding hydrogens is 248 g/mol. The van der Waals surface area contributed by atoms with Crippen LogP contribution in [0.25, 0.3) is 0 Å². The minimum absolute atomic E-state index is 0.236. The number of rotatable bonds is 6. The molecule has 0 unspecified atom stereocenters. The van der Waals surface area contributed by atoms with Crippen LogP contribution in [0, 0.1) is 10.4 Å². The second kappa shape index (κ2) is 5.18. The fourth-order valence-electron chi connectivity index (χ4n) is 0.681. The number of sulfonamides is 2. The van der Waals surface area contributed by atoms with Crippen LogP contribution in [0.2, 0.25) is 0 Å². The normalized spacial score (nSPS) is 13.7.